The number of rotatable bonds is 2. The highest BCUT2D eigenvalue weighted by atomic mass is 32.1. The molecule has 3 aromatic rings. The summed E-state index contributed by atoms with van der Waals surface area (Å²) in [4.78, 5) is 10.7. The SMILES string of the molecule is O=[N+]([O-])c1ccc(-n2cn[nH]c2=S)c2ccccc12. The average molecular weight is 272 g/mol. The molecule has 0 saturated heterocycles. The molecule has 3 rings (SSSR count). The largest absolute Gasteiger partial charge is 0.277 e. The summed E-state index contributed by atoms with van der Waals surface area (Å²) in [6.45, 7) is 0. The number of aromatic nitrogens is 3. The maximum Gasteiger partial charge on any atom is 0.277 e. The van der Waals surface area contributed by atoms with Crippen molar-refractivity contribution in [2.24, 2.45) is 0 Å². The molecule has 7 heteroatoms. The zero-order chi connectivity index (χ0) is 13.4. The maximum absolute atomic E-state index is 11.0. The molecule has 2 aromatic carbocycles. The van der Waals surface area contributed by atoms with E-state index in [1.54, 1.807) is 29.1 Å². The number of non-ortho nitro benzene ring substituents is 1. The summed E-state index contributed by atoms with van der Waals surface area (Å²) in [5.74, 6) is 0. The predicted octanol–water partition coefficient (Wildman–Crippen LogP) is 2.99. The third-order valence-electron chi connectivity index (χ3n) is 2.89. The topological polar surface area (TPSA) is 76.8 Å². The molecule has 0 spiro atoms. The molecule has 0 unspecified atom stereocenters. The Bertz CT molecular complexity index is 837. The zero-order valence-electron chi connectivity index (χ0n) is 9.61. The van der Waals surface area contributed by atoms with Gasteiger partial charge in [-0.2, -0.15) is 5.10 Å². The fourth-order valence-corrected chi connectivity index (χ4v) is 2.25. The van der Waals surface area contributed by atoms with Gasteiger partial charge in [-0.05, 0) is 24.4 Å². The van der Waals surface area contributed by atoms with Crippen LogP contribution in [0.4, 0.5) is 5.69 Å². The van der Waals surface area contributed by atoms with Crippen LogP contribution in [0.1, 0.15) is 0 Å². The van der Waals surface area contributed by atoms with E-state index in [1.165, 1.54) is 6.07 Å². The maximum atomic E-state index is 11.0. The van der Waals surface area contributed by atoms with E-state index in [1.807, 2.05) is 12.1 Å². The molecule has 0 saturated carbocycles. The highest BCUT2D eigenvalue weighted by molar-refractivity contribution is 7.71. The van der Waals surface area contributed by atoms with Crippen molar-refractivity contribution in [2.75, 3.05) is 0 Å². The smallest absolute Gasteiger partial charge is 0.274 e. The highest BCUT2D eigenvalue weighted by Crippen LogP contribution is 2.30. The second-order valence-corrected chi connectivity index (χ2v) is 4.32. The molecule has 19 heavy (non-hydrogen) atoms. The number of benzene rings is 2. The van der Waals surface area contributed by atoms with E-state index in [-0.39, 0.29) is 10.6 Å². The third kappa shape index (κ3) is 1.80. The van der Waals surface area contributed by atoms with Crippen molar-refractivity contribution in [3.63, 3.8) is 0 Å². The Morgan fingerprint density at radius 2 is 1.95 bits per heavy atom. The van der Waals surface area contributed by atoms with E-state index >= 15 is 0 Å². The molecule has 0 radical (unpaired) electrons. The lowest BCUT2D eigenvalue weighted by molar-refractivity contribution is -0.383. The molecule has 0 atom stereocenters. The standard InChI is InChI=1S/C12H8N4O2S/c17-16(18)11-6-5-10(15-7-13-14-12(15)19)8-3-1-2-4-9(8)11/h1-7H,(H,14,19). The van der Waals surface area contributed by atoms with E-state index in [2.05, 4.69) is 10.2 Å². The van der Waals surface area contributed by atoms with Crippen molar-refractivity contribution < 1.29 is 4.92 Å². The molecular weight excluding hydrogens is 264 g/mol. The van der Waals surface area contributed by atoms with Crippen LogP contribution in [0.3, 0.4) is 0 Å². The number of nitro benzene ring substituents is 1. The summed E-state index contributed by atoms with van der Waals surface area (Å²) >= 11 is 5.13. The first kappa shape index (κ1) is 11.5. The van der Waals surface area contributed by atoms with Crippen LogP contribution in [-0.2, 0) is 0 Å². The number of aromatic amines is 1. The van der Waals surface area contributed by atoms with Crippen molar-refractivity contribution in [1.82, 2.24) is 14.8 Å². The number of nitrogens with one attached hydrogen (secondary N) is 1. The lowest BCUT2D eigenvalue weighted by atomic mass is 10.1. The van der Waals surface area contributed by atoms with Crippen LogP contribution >= 0.6 is 12.2 Å². The third-order valence-corrected chi connectivity index (χ3v) is 3.17. The molecule has 1 N–H and O–H groups in total. The Morgan fingerprint density at radius 3 is 2.58 bits per heavy atom. The molecule has 1 heterocycles. The number of nitrogens with zero attached hydrogens (tertiary/aromatic N) is 3. The average Bonchev–Trinajstić information content (AvgIpc) is 2.83. The van der Waals surface area contributed by atoms with Gasteiger partial charge in [0.1, 0.15) is 6.33 Å². The predicted molar refractivity (Wildman–Crippen MR) is 72.9 cm³/mol. The van der Waals surface area contributed by atoms with E-state index < -0.39 is 0 Å². The van der Waals surface area contributed by atoms with Gasteiger partial charge in [-0.25, -0.2) is 0 Å². The molecule has 6 nitrogen and oxygen atoms in total. The van der Waals surface area contributed by atoms with Gasteiger partial charge in [-0.15, -0.1) is 0 Å². The summed E-state index contributed by atoms with van der Waals surface area (Å²) in [6, 6.07) is 10.3. The van der Waals surface area contributed by atoms with Crippen LogP contribution < -0.4 is 0 Å². The lowest BCUT2D eigenvalue weighted by Gasteiger charge is -2.07. The Labute approximate surface area is 112 Å². The molecule has 0 aliphatic carbocycles. The van der Waals surface area contributed by atoms with Gasteiger partial charge in [0.05, 0.1) is 16.0 Å². The fraction of sp³-hybridized carbons (Fsp3) is 0. The minimum absolute atomic E-state index is 0.0781. The normalized spacial score (nSPS) is 10.7. The number of hydrogen-bond acceptors (Lipinski definition) is 4. The summed E-state index contributed by atoms with van der Waals surface area (Å²) in [5.41, 5.74) is 0.842. The Balaban J connectivity index is 2.41. The monoisotopic (exact) mass is 272 g/mol. The lowest BCUT2D eigenvalue weighted by Crippen LogP contribution is -1.96. The molecule has 0 amide bonds. The van der Waals surface area contributed by atoms with E-state index in [0.29, 0.717) is 10.2 Å². The highest BCUT2D eigenvalue weighted by Gasteiger charge is 2.14. The first-order valence-electron chi connectivity index (χ1n) is 5.47. The minimum atomic E-state index is -0.388. The number of H-pyrrole nitrogens is 1. The fourth-order valence-electron chi connectivity index (χ4n) is 2.06. The Morgan fingerprint density at radius 1 is 1.21 bits per heavy atom. The summed E-state index contributed by atoms with van der Waals surface area (Å²) in [7, 11) is 0. The molecule has 0 aliphatic heterocycles. The molecular formula is C12H8N4O2S. The minimum Gasteiger partial charge on any atom is -0.274 e. The van der Waals surface area contributed by atoms with Gasteiger partial charge in [-0.1, -0.05) is 18.2 Å². The number of hydrogen-bond donors (Lipinski definition) is 1. The number of nitro groups is 1. The van der Waals surface area contributed by atoms with Crippen molar-refractivity contribution >= 4 is 28.7 Å². The van der Waals surface area contributed by atoms with E-state index in [4.69, 9.17) is 12.2 Å². The van der Waals surface area contributed by atoms with Gasteiger partial charge in [0.15, 0.2) is 4.77 Å². The van der Waals surface area contributed by atoms with Crippen LogP contribution in [0.5, 0.6) is 0 Å². The van der Waals surface area contributed by atoms with Crippen LogP contribution in [0, 0.1) is 14.9 Å². The van der Waals surface area contributed by atoms with Gasteiger partial charge in [0, 0.05) is 11.5 Å². The van der Waals surface area contributed by atoms with E-state index in [9.17, 15) is 10.1 Å². The summed E-state index contributed by atoms with van der Waals surface area (Å²) < 4.78 is 2.13. The van der Waals surface area contributed by atoms with Crippen molar-refractivity contribution in [3.8, 4) is 5.69 Å². The van der Waals surface area contributed by atoms with Gasteiger partial charge >= 0.3 is 0 Å². The van der Waals surface area contributed by atoms with Crippen LogP contribution in [0.15, 0.2) is 42.7 Å². The van der Waals surface area contributed by atoms with Crippen LogP contribution in [-0.4, -0.2) is 19.7 Å². The Hall–Kier alpha value is -2.54. The second-order valence-electron chi connectivity index (χ2n) is 3.94. The summed E-state index contributed by atoms with van der Waals surface area (Å²) in [5, 5.41) is 18.9. The first-order chi connectivity index (χ1) is 9.18. The number of fused-ring (bicyclic) bond motifs is 1. The van der Waals surface area contributed by atoms with Crippen molar-refractivity contribution in [1.29, 1.82) is 0 Å². The molecule has 1 aromatic heterocycles. The summed E-state index contributed by atoms with van der Waals surface area (Å²) in [6.07, 6.45) is 1.55. The Kier molecular flexibility index (Phi) is 2.60. The van der Waals surface area contributed by atoms with Crippen LogP contribution in [0.25, 0.3) is 16.5 Å². The van der Waals surface area contributed by atoms with Gasteiger partial charge in [-0.3, -0.25) is 19.8 Å². The molecule has 0 bridgehead atoms. The van der Waals surface area contributed by atoms with Crippen LogP contribution in [0.2, 0.25) is 0 Å². The molecule has 0 fully saturated rings. The molecule has 94 valence electrons. The van der Waals surface area contributed by atoms with Gasteiger partial charge in [0.2, 0.25) is 0 Å². The quantitative estimate of drug-likeness (QED) is 0.442. The zero-order valence-corrected chi connectivity index (χ0v) is 10.4. The molecule has 0 aliphatic rings. The second kappa shape index (κ2) is 4.29. The van der Waals surface area contributed by atoms with Crippen molar-refractivity contribution in [2.45, 2.75) is 0 Å². The van der Waals surface area contributed by atoms with E-state index in [0.717, 1.165) is 11.1 Å². The van der Waals surface area contributed by atoms with Gasteiger partial charge < -0.3 is 0 Å². The van der Waals surface area contributed by atoms with Crippen molar-refractivity contribution in [3.05, 3.63) is 57.6 Å². The first-order valence-corrected chi connectivity index (χ1v) is 5.88. The van der Waals surface area contributed by atoms with Gasteiger partial charge in [0.25, 0.3) is 5.69 Å².